The number of nitrogens with zero attached hydrogens (tertiary/aromatic N) is 2. The van der Waals surface area contributed by atoms with Gasteiger partial charge >= 0.3 is 0 Å². The van der Waals surface area contributed by atoms with E-state index >= 15 is 0 Å². The second-order valence-electron chi connectivity index (χ2n) is 5.61. The summed E-state index contributed by atoms with van der Waals surface area (Å²) in [5.41, 5.74) is 0.246. The Morgan fingerprint density at radius 2 is 1.86 bits per heavy atom. The molecule has 0 spiro atoms. The van der Waals surface area contributed by atoms with Crippen molar-refractivity contribution in [3.63, 3.8) is 0 Å². The number of nitro benzene ring substituents is 1. The predicted octanol–water partition coefficient (Wildman–Crippen LogP) is 4.72. The molecule has 2 rings (SSSR count). The monoisotopic (exact) mass is 441 g/mol. The van der Waals surface area contributed by atoms with E-state index in [1.165, 1.54) is 34.9 Å². The minimum Gasteiger partial charge on any atom is -0.330 e. The van der Waals surface area contributed by atoms with E-state index in [1.54, 1.807) is 31.4 Å². The van der Waals surface area contributed by atoms with Crippen molar-refractivity contribution in [2.75, 3.05) is 24.7 Å². The Balaban J connectivity index is 2.18. The van der Waals surface area contributed by atoms with Crippen molar-refractivity contribution in [1.82, 2.24) is 4.90 Å². The van der Waals surface area contributed by atoms with Crippen LogP contribution in [0, 0.1) is 10.1 Å². The second-order valence-corrected chi connectivity index (χ2v) is 7.27. The lowest BCUT2D eigenvalue weighted by molar-refractivity contribution is -0.387. The average molecular weight is 442 g/mol. The number of rotatable bonds is 7. The second kappa shape index (κ2) is 9.77. The topological polar surface area (TPSA) is 92.6 Å². The molecule has 7 nitrogen and oxygen atoms in total. The number of halogens is 2. The first-order valence-electron chi connectivity index (χ1n) is 8.14. The number of likely N-dealkylation sites (N-methyl/N-ethyl adjacent to an activating group) is 1. The van der Waals surface area contributed by atoms with Crippen molar-refractivity contribution in [1.29, 1.82) is 0 Å². The number of nitrogens with one attached hydrogen (secondary N) is 1. The van der Waals surface area contributed by atoms with Crippen LogP contribution in [0.1, 0.15) is 17.3 Å². The van der Waals surface area contributed by atoms with Gasteiger partial charge in [0.2, 0.25) is 5.91 Å². The van der Waals surface area contributed by atoms with E-state index < -0.39 is 16.7 Å². The summed E-state index contributed by atoms with van der Waals surface area (Å²) in [4.78, 5) is 37.5. The number of para-hydroxylation sites is 1. The van der Waals surface area contributed by atoms with E-state index in [0.29, 0.717) is 4.90 Å². The van der Waals surface area contributed by atoms with Gasteiger partial charge in [0.25, 0.3) is 11.6 Å². The molecule has 0 aliphatic rings. The number of amides is 2. The number of anilines is 1. The first kappa shape index (κ1) is 22.0. The van der Waals surface area contributed by atoms with Crippen molar-refractivity contribution in [3.8, 4) is 0 Å². The summed E-state index contributed by atoms with van der Waals surface area (Å²) >= 11 is 13.3. The van der Waals surface area contributed by atoms with Gasteiger partial charge in [-0.2, -0.15) is 0 Å². The minimum atomic E-state index is -0.537. The highest BCUT2D eigenvalue weighted by Gasteiger charge is 2.22. The highest BCUT2D eigenvalue weighted by atomic mass is 35.5. The molecule has 0 aliphatic carbocycles. The van der Waals surface area contributed by atoms with Gasteiger partial charge in [-0.15, -0.1) is 11.8 Å². The fourth-order valence-electron chi connectivity index (χ4n) is 2.45. The standard InChI is InChI=1S/C18H17Cl2N3O4S/c1-3-22(10-16(24)21-17-12(19)5-4-6-13(17)20)18(25)11-7-8-15(28-2)14(9-11)23(26)27/h4-9H,3,10H2,1-2H3,(H,21,24). The number of hydrogen-bond donors (Lipinski definition) is 1. The lowest BCUT2D eigenvalue weighted by Crippen LogP contribution is -2.38. The molecule has 0 bridgehead atoms. The largest absolute Gasteiger partial charge is 0.330 e. The fourth-order valence-corrected chi connectivity index (χ4v) is 3.48. The molecule has 28 heavy (non-hydrogen) atoms. The Bertz CT molecular complexity index is 903. The zero-order chi connectivity index (χ0) is 20.8. The third kappa shape index (κ3) is 5.15. The molecule has 2 amide bonds. The van der Waals surface area contributed by atoms with Crippen LogP contribution in [0.5, 0.6) is 0 Å². The molecular formula is C18H17Cl2N3O4S. The van der Waals surface area contributed by atoms with Gasteiger partial charge in [-0.05, 0) is 37.4 Å². The number of nitro groups is 1. The van der Waals surface area contributed by atoms with Gasteiger partial charge in [0, 0.05) is 18.2 Å². The number of hydrogen-bond acceptors (Lipinski definition) is 5. The molecule has 0 saturated heterocycles. The quantitative estimate of drug-likeness (QED) is 0.380. The van der Waals surface area contributed by atoms with Gasteiger partial charge in [-0.1, -0.05) is 29.3 Å². The van der Waals surface area contributed by atoms with Crippen LogP contribution in [0.2, 0.25) is 10.0 Å². The maximum absolute atomic E-state index is 12.7. The molecule has 0 saturated carbocycles. The highest BCUT2D eigenvalue weighted by Crippen LogP contribution is 2.30. The first-order valence-corrected chi connectivity index (χ1v) is 10.1. The zero-order valence-electron chi connectivity index (χ0n) is 15.1. The molecule has 0 aromatic heterocycles. The summed E-state index contributed by atoms with van der Waals surface area (Å²) in [6, 6.07) is 9.06. The van der Waals surface area contributed by atoms with E-state index in [9.17, 15) is 19.7 Å². The van der Waals surface area contributed by atoms with Gasteiger partial charge in [-0.25, -0.2) is 0 Å². The van der Waals surface area contributed by atoms with Crippen LogP contribution < -0.4 is 5.32 Å². The van der Waals surface area contributed by atoms with Crippen molar-refractivity contribution in [2.24, 2.45) is 0 Å². The molecule has 2 aromatic carbocycles. The Hall–Kier alpha value is -2.29. The smallest absolute Gasteiger partial charge is 0.283 e. The maximum atomic E-state index is 12.7. The summed E-state index contributed by atoms with van der Waals surface area (Å²) in [5, 5.41) is 14.4. The molecule has 0 radical (unpaired) electrons. The number of carbonyl (C=O) groups is 2. The molecule has 148 valence electrons. The molecule has 2 aromatic rings. The molecule has 0 atom stereocenters. The molecular weight excluding hydrogens is 425 g/mol. The molecule has 0 unspecified atom stereocenters. The van der Waals surface area contributed by atoms with Gasteiger partial charge in [0.15, 0.2) is 0 Å². The van der Waals surface area contributed by atoms with E-state index in [1.807, 2.05) is 0 Å². The summed E-state index contributed by atoms with van der Waals surface area (Å²) < 4.78 is 0. The van der Waals surface area contributed by atoms with Gasteiger partial charge < -0.3 is 10.2 Å². The number of carbonyl (C=O) groups excluding carboxylic acids is 2. The van der Waals surface area contributed by atoms with Crippen LogP contribution in [0.25, 0.3) is 0 Å². The molecule has 10 heteroatoms. The van der Waals surface area contributed by atoms with Crippen molar-refractivity contribution < 1.29 is 14.5 Å². The Labute approximate surface area is 176 Å². The van der Waals surface area contributed by atoms with E-state index in [-0.39, 0.29) is 40.1 Å². The predicted molar refractivity (Wildman–Crippen MR) is 112 cm³/mol. The molecule has 1 N–H and O–H groups in total. The Morgan fingerprint density at radius 3 is 2.39 bits per heavy atom. The summed E-state index contributed by atoms with van der Waals surface area (Å²) in [5.74, 6) is -0.973. The average Bonchev–Trinajstić information content (AvgIpc) is 2.67. The van der Waals surface area contributed by atoms with Crippen LogP contribution in [0.15, 0.2) is 41.3 Å². The van der Waals surface area contributed by atoms with Crippen LogP contribution in [-0.2, 0) is 4.79 Å². The minimum absolute atomic E-state index is 0.134. The lowest BCUT2D eigenvalue weighted by Gasteiger charge is -2.21. The third-order valence-electron chi connectivity index (χ3n) is 3.85. The summed E-state index contributed by atoms with van der Waals surface area (Å²) in [6.07, 6.45) is 1.71. The SMILES string of the molecule is CCN(CC(=O)Nc1c(Cl)cccc1Cl)C(=O)c1ccc(SC)c([N+](=O)[O-])c1. The molecule has 0 aliphatic heterocycles. The van der Waals surface area contributed by atoms with Crippen molar-refractivity contribution in [3.05, 3.63) is 62.1 Å². The highest BCUT2D eigenvalue weighted by molar-refractivity contribution is 7.98. The van der Waals surface area contributed by atoms with Gasteiger partial charge in [0.1, 0.15) is 6.54 Å². The van der Waals surface area contributed by atoms with Crippen molar-refractivity contribution >= 4 is 58.2 Å². The van der Waals surface area contributed by atoms with Gasteiger partial charge in [0.05, 0.1) is 25.6 Å². The van der Waals surface area contributed by atoms with Crippen LogP contribution in [0.4, 0.5) is 11.4 Å². The van der Waals surface area contributed by atoms with E-state index in [2.05, 4.69) is 5.32 Å². The Kier molecular flexibility index (Phi) is 7.68. The van der Waals surface area contributed by atoms with Crippen LogP contribution >= 0.6 is 35.0 Å². The van der Waals surface area contributed by atoms with Crippen LogP contribution in [-0.4, -0.2) is 41.0 Å². The number of benzene rings is 2. The molecule has 0 heterocycles. The van der Waals surface area contributed by atoms with E-state index in [4.69, 9.17) is 23.2 Å². The third-order valence-corrected chi connectivity index (χ3v) is 5.27. The summed E-state index contributed by atoms with van der Waals surface area (Å²) in [6.45, 7) is 1.69. The summed E-state index contributed by atoms with van der Waals surface area (Å²) in [7, 11) is 0. The Morgan fingerprint density at radius 1 is 1.21 bits per heavy atom. The maximum Gasteiger partial charge on any atom is 0.283 e. The first-order chi connectivity index (χ1) is 13.3. The normalized spacial score (nSPS) is 10.4. The zero-order valence-corrected chi connectivity index (χ0v) is 17.4. The molecule has 0 fully saturated rings. The van der Waals surface area contributed by atoms with Crippen LogP contribution in [0.3, 0.4) is 0 Å². The van der Waals surface area contributed by atoms with Gasteiger partial charge in [-0.3, -0.25) is 19.7 Å². The lowest BCUT2D eigenvalue weighted by atomic mass is 10.1. The number of thioether (sulfide) groups is 1. The van der Waals surface area contributed by atoms with E-state index in [0.717, 1.165) is 0 Å². The van der Waals surface area contributed by atoms with Crippen molar-refractivity contribution in [2.45, 2.75) is 11.8 Å². The fraction of sp³-hybridized carbons (Fsp3) is 0.222.